The van der Waals surface area contributed by atoms with Gasteiger partial charge in [-0.2, -0.15) is 0 Å². The van der Waals surface area contributed by atoms with Gasteiger partial charge >= 0.3 is 0 Å². The van der Waals surface area contributed by atoms with Crippen LogP contribution in [0.15, 0.2) is 24.3 Å². The maximum Gasteiger partial charge on any atom is 0.119 e. The van der Waals surface area contributed by atoms with Gasteiger partial charge in [0.15, 0.2) is 0 Å². The van der Waals surface area contributed by atoms with Crippen LogP contribution in [-0.4, -0.2) is 36.3 Å². The Labute approximate surface area is 109 Å². The molecule has 0 aromatic heterocycles. The van der Waals surface area contributed by atoms with Gasteiger partial charge in [-0.15, -0.1) is 0 Å². The van der Waals surface area contributed by atoms with Crippen molar-refractivity contribution in [3.05, 3.63) is 29.8 Å². The van der Waals surface area contributed by atoms with Crippen LogP contribution in [0.25, 0.3) is 0 Å². The molecular weight excluding hydrogens is 226 g/mol. The Balaban J connectivity index is 1.98. The highest BCUT2D eigenvalue weighted by molar-refractivity contribution is 5.28. The Bertz CT molecular complexity index is 403. The van der Waals surface area contributed by atoms with Gasteiger partial charge < -0.3 is 9.84 Å². The van der Waals surface area contributed by atoms with Crippen LogP contribution in [0, 0.1) is 5.41 Å². The molecule has 1 saturated heterocycles. The molecule has 0 aliphatic carbocycles. The number of aliphatic hydroxyl groups excluding tert-OH is 1. The molecular formula is C15H23NO2. The van der Waals surface area contributed by atoms with E-state index in [1.807, 2.05) is 12.1 Å². The highest BCUT2D eigenvalue weighted by Gasteiger charge is 2.33. The predicted octanol–water partition coefficient (Wildman–Crippen LogP) is 2.29. The number of benzene rings is 1. The Morgan fingerprint density at radius 2 is 2.22 bits per heavy atom. The standard InChI is InChI=1S/C15H23NO2/c1-15(2)7-8-16(11-14(15)17)10-12-5-4-6-13(9-12)18-3/h4-6,9,14,17H,7-8,10-11H2,1-3H3. The van der Waals surface area contributed by atoms with Crippen LogP contribution in [0.3, 0.4) is 0 Å². The van der Waals surface area contributed by atoms with E-state index >= 15 is 0 Å². The summed E-state index contributed by atoms with van der Waals surface area (Å²) in [5.41, 5.74) is 1.28. The van der Waals surface area contributed by atoms with E-state index in [2.05, 4.69) is 30.9 Å². The van der Waals surface area contributed by atoms with E-state index < -0.39 is 0 Å². The number of β-amino-alcohol motifs (C(OH)–C–C–N with tert-alkyl or cyclic N) is 1. The first-order valence-electron chi connectivity index (χ1n) is 6.54. The van der Waals surface area contributed by atoms with Crippen molar-refractivity contribution >= 4 is 0 Å². The molecule has 1 atom stereocenters. The molecule has 18 heavy (non-hydrogen) atoms. The van der Waals surface area contributed by atoms with Crippen molar-refractivity contribution in [2.75, 3.05) is 20.2 Å². The topological polar surface area (TPSA) is 32.7 Å². The lowest BCUT2D eigenvalue weighted by atomic mass is 9.80. The Kier molecular flexibility index (Phi) is 3.93. The van der Waals surface area contributed by atoms with Gasteiger partial charge in [0, 0.05) is 13.1 Å². The van der Waals surface area contributed by atoms with Gasteiger partial charge in [0.25, 0.3) is 0 Å². The van der Waals surface area contributed by atoms with Gasteiger partial charge in [-0.25, -0.2) is 0 Å². The summed E-state index contributed by atoms with van der Waals surface area (Å²) < 4.78 is 5.23. The van der Waals surface area contributed by atoms with Crippen molar-refractivity contribution in [1.29, 1.82) is 0 Å². The maximum absolute atomic E-state index is 10.1. The summed E-state index contributed by atoms with van der Waals surface area (Å²) in [6.45, 7) is 6.96. The number of rotatable bonds is 3. The average molecular weight is 249 g/mol. The van der Waals surface area contributed by atoms with E-state index in [0.717, 1.165) is 31.8 Å². The quantitative estimate of drug-likeness (QED) is 0.892. The van der Waals surface area contributed by atoms with Crippen LogP contribution in [0.4, 0.5) is 0 Å². The first kappa shape index (κ1) is 13.4. The summed E-state index contributed by atoms with van der Waals surface area (Å²) in [7, 11) is 1.69. The van der Waals surface area contributed by atoms with Crippen molar-refractivity contribution in [2.45, 2.75) is 32.9 Å². The van der Waals surface area contributed by atoms with Gasteiger partial charge in [0.2, 0.25) is 0 Å². The number of aliphatic hydroxyl groups is 1. The van der Waals surface area contributed by atoms with E-state index in [9.17, 15) is 5.11 Å². The molecule has 1 fully saturated rings. The predicted molar refractivity (Wildman–Crippen MR) is 72.7 cm³/mol. The molecule has 2 rings (SSSR count). The van der Waals surface area contributed by atoms with Crippen molar-refractivity contribution in [1.82, 2.24) is 4.90 Å². The third kappa shape index (κ3) is 3.03. The molecule has 1 N–H and O–H groups in total. The Morgan fingerprint density at radius 3 is 2.89 bits per heavy atom. The van der Waals surface area contributed by atoms with E-state index in [4.69, 9.17) is 4.74 Å². The van der Waals surface area contributed by atoms with E-state index in [1.54, 1.807) is 7.11 Å². The molecule has 1 aromatic carbocycles. The second kappa shape index (κ2) is 5.29. The lowest BCUT2D eigenvalue weighted by Crippen LogP contribution is -2.47. The number of piperidine rings is 1. The zero-order valence-electron chi connectivity index (χ0n) is 11.5. The van der Waals surface area contributed by atoms with Crippen molar-refractivity contribution in [3.8, 4) is 5.75 Å². The van der Waals surface area contributed by atoms with Gasteiger partial charge in [0.05, 0.1) is 13.2 Å². The first-order valence-corrected chi connectivity index (χ1v) is 6.54. The van der Waals surface area contributed by atoms with Gasteiger partial charge in [-0.3, -0.25) is 4.90 Å². The van der Waals surface area contributed by atoms with Gasteiger partial charge in [0.1, 0.15) is 5.75 Å². The third-order valence-electron chi connectivity index (χ3n) is 3.95. The zero-order chi connectivity index (χ0) is 13.2. The van der Waals surface area contributed by atoms with E-state index in [0.29, 0.717) is 0 Å². The normalized spacial score (nSPS) is 23.9. The molecule has 1 heterocycles. The van der Waals surface area contributed by atoms with Crippen LogP contribution in [0.2, 0.25) is 0 Å². The highest BCUT2D eigenvalue weighted by Crippen LogP contribution is 2.31. The average Bonchev–Trinajstić information content (AvgIpc) is 2.35. The highest BCUT2D eigenvalue weighted by atomic mass is 16.5. The fraction of sp³-hybridized carbons (Fsp3) is 0.600. The Hall–Kier alpha value is -1.06. The minimum absolute atomic E-state index is 0.0465. The molecule has 1 aromatic rings. The molecule has 3 heteroatoms. The number of hydrogen-bond donors (Lipinski definition) is 1. The largest absolute Gasteiger partial charge is 0.497 e. The molecule has 0 amide bonds. The Morgan fingerprint density at radius 1 is 1.44 bits per heavy atom. The summed E-state index contributed by atoms with van der Waals surface area (Å²) in [4.78, 5) is 2.31. The molecule has 1 aliphatic heterocycles. The zero-order valence-corrected chi connectivity index (χ0v) is 11.5. The van der Waals surface area contributed by atoms with Crippen LogP contribution < -0.4 is 4.74 Å². The summed E-state index contributed by atoms with van der Waals surface area (Å²) in [6.07, 6.45) is 0.801. The summed E-state index contributed by atoms with van der Waals surface area (Å²) in [6, 6.07) is 8.14. The molecule has 0 radical (unpaired) electrons. The fourth-order valence-corrected chi connectivity index (χ4v) is 2.37. The fourth-order valence-electron chi connectivity index (χ4n) is 2.37. The second-order valence-corrected chi connectivity index (χ2v) is 5.84. The molecule has 0 saturated carbocycles. The summed E-state index contributed by atoms with van der Waals surface area (Å²) in [5, 5.41) is 10.1. The number of likely N-dealkylation sites (tertiary alicyclic amines) is 1. The van der Waals surface area contributed by atoms with Crippen LogP contribution in [0.1, 0.15) is 25.8 Å². The van der Waals surface area contributed by atoms with Crippen molar-refractivity contribution in [3.63, 3.8) is 0 Å². The molecule has 100 valence electrons. The molecule has 0 bridgehead atoms. The lowest BCUT2D eigenvalue weighted by Gasteiger charge is -2.41. The summed E-state index contributed by atoms with van der Waals surface area (Å²) >= 11 is 0. The van der Waals surface area contributed by atoms with Crippen molar-refractivity contribution in [2.24, 2.45) is 5.41 Å². The second-order valence-electron chi connectivity index (χ2n) is 5.84. The summed E-state index contributed by atoms with van der Waals surface area (Å²) in [5.74, 6) is 0.894. The molecule has 1 unspecified atom stereocenters. The van der Waals surface area contributed by atoms with E-state index in [1.165, 1.54) is 5.56 Å². The monoisotopic (exact) mass is 249 g/mol. The number of hydrogen-bond acceptors (Lipinski definition) is 3. The SMILES string of the molecule is COc1cccc(CN2CCC(C)(C)C(O)C2)c1. The van der Waals surface area contributed by atoms with Crippen LogP contribution >= 0.6 is 0 Å². The van der Waals surface area contributed by atoms with Crippen LogP contribution in [-0.2, 0) is 6.54 Å². The number of nitrogens with zero attached hydrogens (tertiary/aromatic N) is 1. The molecule has 3 nitrogen and oxygen atoms in total. The number of methoxy groups -OCH3 is 1. The van der Waals surface area contributed by atoms with Crippen molar-refractivity contribution < 1.29 is 9.84 Å². The minimum Gasteiger partial charge on any atom is -0.497 e. The minimum atomic E-state index is -0.239. The van der Waals surface area contributed by atoms with Gasteiger partial charge in [-0.1, -0.05) is 26.0 Å². The van der Waals surface area contributed by atoms with Gasteiger partial charge in [-0.05, 0) is 36.1 Å². The number of ether oxygens (including phenoxy) is 1. The molecule has 0 spiro atoms. The smallest absolute Gasteiger partial charge is 0.119 e. The van der Waals surface area contributed by atoms with E-state index in [-0.39, 0.29) is 11.5 Å². The first-order chi connectivity index (χ1) is 8.51. The maximum atomic E-state index is 10.1. The third-order valence-corrected chi connectivity index (χ3v) is 3.95. The lowest BCUT2D eigenvalue weighted by molar-refractivity contribution is -0.0278. The van der Waals surface area contributed by atoms with Crippen LogP contribution in [0.5, 0.6) is 5.75 Å². The molecule has 1 aliphatic rings.